The number of hydrogen-bond donors (Lipinski definition) is 1. The maximum Gasteiger partial charge on any atom is 0.224 e. The molecule has 0 saturated heterocycles. The van der Waals surface area contributed by atoms with Crippen molar-refractivity contribution < 1.29 is 4.79 Å². The van der Waals surface area contributed by atoms with E-state index in [0.29, 0.717) is 12.3 Å². The first kappa shape index (κ1) is 14.3. The summed E-state index contributed by atoms with van der Waals surface area (Å²) < 4.78 is 0. The quantitative estimate of drug-likeness (QED) is 0.851. The summed E-state index contributed by atoms with van der Waals surface area (Å²) >= 11 is 0. The van der Waals surface area contributed by atoms with Gasteiger partial charge in [0.05, 0.1) is 0 Å². The van der Waals surface area contributed by atoms with Gasteiger partial charge in [0.1, 0.15) is 0 Å². The molecule has 0 bridgehead atoms. The first-order valence-corrected chi connectivity index (χ1v) is 7.06. The third kappa shape index (κ3) is 3.95. The highest BCUT2D eigenvalue weighted by molar-refractivity contribution is 5.91. The van der Waals surface area contributed by atoms with E-state index in [9.17, 15) is 4.79 Å². The second-order valence-corrected chi connectivity index (χ2v) is 5.38. The van der Waals surface area contributed by atoms with Crippen LogP contribution in [0.2, 0.25) is 0 Å². The van der Waals surface area contributed by atoms with E-state index in [2.05, 4.69) is 31.3 Å². The van der Waals surface area contributed by atoms with Gasteiger partial charge in [-0.05, 0) is 29.5 Å². The molecule has 0 fully saturated rings. The fourth-order valence-electron chi connectivity index (χ4n) is 2.37. The topological polar surface area (TPSA) is 29.1 Å². The molecule has 0 aliphatic rings. The van der Waals surface area contributed by atoms with Crippen molar-refractivity contribution in [3.8, 4) is 0 Å². The van der Waals surface area contributed by atoms with Crippen LogP contribution >= 0.6 is 0 Å². The maximum atomic E-state index is 12.2. The number of carbonyl (C=O) groups excluding carboxylic acids is 1. The molecule has 20 heavy (non-hydrogen) atoms. The second-order valence-electron chi connectivity index (χ2n) is 5.38. The Kier molecular flexibility index (Phi) is 4.94. The Hall–Kier alpha value is -2.09. The van der Waals surface area contributed by atoms with Crippen molar-refractivity contribution in [2.75, 3.05) is 5.32 Å². The Morgan fingerprint density at radius 1 is 0.950 bits per heavy atom. The fourth-order valence-corrected chi connectivity index (χ4v) is 2.37. The molecule has 0 spiro atoms. The number of rotatable bonds is 5. The normalized spacial score (nSPS) is 12.2. The van der Waals surface area contributed by atoms with E-state index in [0.717, 1.165) is 5.69 Å². The van der Waals surface area contributed by atoms with Crippen LogP contribution in [0.3, 0.4) is 0 Å². The summed E-state index contributed by atoms with van der Waals surface area (Å²) in [5, 5.41) is 2.96. The van der Waals surface area contributed by atoms with Crippen LogP contribution < -0.4 is 5.32 Å². The Balaban J connectivity index is 2.04. The number of carbonyl (C=O) groups is 1. The molecule has 2 aromatic rings. The van der Waals surface area contributed by atoms with E-state index < -0.39 is 0 Å². The lowest BCUT2D eigenvalue weighted by Crippen LogP contribution is -2.18. The van der Waals surface area contributed by atoms with Crippen LogP contribution in [0.15, 0.2) is 60.7 Å². The lowest BCUT2D eigenvalue weighted by molar-refractivity contribution is -0.116. The molecule has 2 aromatic carbocycles. The van der Waals surface area contributed by atoms with E-state index >= 15 is 0 Å². The van der Waals surface area contributed by atoms with Crippen molar-refractivity contribution in [3.05, 3.63) is 66.2 Å². The Labute approximate surface area is 120 Å². The van der Waals surface area contributed by atoms with Gasteiger partial charge in [0, 0.05) is 12.1 Å². The molecule has 2 nitrogen and oxygen atoms in total. The average Bonchev–Trinajstić information content (AvgIpc) is 2.46. The smallest absolute Gasteiger partial charge is 0.224 e. The second kappa shape index (κ2) is 6.90. The lowest BCUT2D eigenvalue weighted by Gasteiger charge is -2.21. The first-order valence-electron chi connectivity index (χ1n) is 7.06. The zero-order valence-electron chi connectivity index (χ0n) is 12.0. The molecule has 0 saturated carbocycles. The Morgan fingerprint density at radius 3 is 2.05 bits per heavy atom. The highest BCUT2D eigenvalue weighted by Crippen LogP contribution is 2.28. The summed E-state index contributed by atoms with van der Waals surface area (Å²) in [6.45, 7) is 4.32. The van der Waals surface area contributed by atoms with Gasteiger partial charge in [0.25, 0.3) is 0 Å². The molecule has 104 valence electrons. The predicted molar refractivity (Wildman–Crippen MR) is 83.7 cm³/mol. The van der Waals surface area contributed by atoms with Gasteiger partial charge in [0.15, 0.2) is 0 Å². The highest BCUT2D eigenvalue weighted by Gasteiger charge is 2.19. The average molecular weight is 267 g/mol. The SMILES string of the molecule is CC(C)[C@@H](CC(=O)Nc1ccccc1)c1ccccc1. The molecule has 0 aromatic heterocycles. The van der Waals surface area contributed by atoms with E-state index in [1.54, 1.807) is 0 Å². The minimum atomic E-state index is 0.0683. The molecule has 1 atom stereocenters. The van der Waals surface area contributed by atoms with Crippen molar-refractivity contribution in [1.29, 1.82) is 0 Å². The number of anilines is 1. The molecule has 0 aliphatic carbocycles. The molecule has 0 aliphatic heterocycles. The van der Waals surface area contributed by atoms with E-state index in [1.165, 1.54) is 5.56 Å². The predicted octanol–water partition coefficient (Wildman–Crippen LogP) is 4.46. The summed E-state index contributed by atoms with van der Waals surface area (Å²) in [6.07, 6.45) is 0.510. The van der Waals surface area contributed by atoms with Crippen molar-refractivity contribution in [3.63, 3.8) is 0 Å². The van der Waals surface area contributed by atoms with E-state index in [1.807, 2.05) is 48.5 Å². The first-order chi connectivity index (χ1) is 9.66. The number of para-hydroxylation sites is 1. The van der Waals surface area contributed by atoms with Crippen molar-refractivity contribution in [2.45, 2.75) is 26.2 Å². The summed E-state index contributed by atoms with van der Waals surface area (Å²) in [5.41, 5.74) is 2.08. The van der Waals surface area contributed by atoms with Crippen molar-refractivity contribution in [2.24, 2.45) is 5.92 Å². The van der Waals surface area contributed by atoms with Gasteiger partial charge in [-0.1, -0.05) is 62.4 Å². The third-order valence-corrected chi connectivity index (χ3v) is 3.50. The van der Waals surface area contributed by atoms with Crippen LogP contribution in [0.25, 0.3) is 0 Å². The Bertz CT molecular complexity index is 534. The maximum absolute atomic E-state index is 12.2. The van der Waals surface area contributed by atoms with Gasteiger partial charge < -0.3 is 5.32 Å². The molecular weight excluding hydrogens is 246 g/mol. The minimum Gasteiger partial charge on any atom is -0.326 e. The molecular formula is C18H21NO. The van der Waals surface area contributed by atoms with Crippen molar-refractivity contribution >= 4 is 11.6 Å². The van der Waals surface area contributed by atoms with Crippen molar-refractivity contribution in [1.82, 2.24) is 0 Å². The molecule has 0 radical (unpaired) electrons. The summed E-state index contributed by atoms with van der Waals surface area (Å²) in [6, 6.07) is 19.9. The molecule has 0 heterocycles. The van der Waals surface area contributed by atoms with Gasteiger partial charge in [-0.15, -0.1) is 0 Å². The molecule has 0 unspecified atom stereocenters. The zero-order valence-corrected chi connectivity index (χ0v) is 12.0. The van der Waals surface area contributed by atoms with Crippen LogP contribution in [0.5, 0.6) is 0 Å². The van der Waals surface area contributed by atoms with Crippen LogP contribution in [0, 0.1) is 5.92 Å². The zero-order chi connectivity index (χ0) is 14.4. The number of nitrogens with one attached hydrogen (secondary N) is 1. The summed E-state index contributed by atoms with van der Waals surface area (Å²) in [4.78, 5) is 12.2. The van der Waals surface area contributed by atoms with Crippen LogP contribution in [0.1, 0.15) is 31.7 Å². The van der Waals surface area contributed by atoms with Crippen LogP contribution in [0.4, 0.5) is 5.69 Å². The summed E-state index contributed by atoms with van der Waals surface area (Å²) in [5.74, 6) is 0.748. The Morgan fingerprint density at radius 2 is 1.50 bits per heavy atom. The third-order valence-electron chi connectivity index (χ3n) is 3.50. The molecule has 1 amide bonds. The largest absolute Gasteiger partial charge is 0.326 e. The van der Waals surface area contributed by atoms with Gasteiger partial charge in [-0.2, -0.15) is 0 Å². The molecule has 2 rings (SSSR count). The van der Waals surface area contributed by atoms with Crippen LogP contribution in [-0.4, -0.2) is 5.91 Å². The summed E-state index contributed by atoms with van der Waals surface area (Å²) in [7, 11) is 0. The monoisotopic (exact) mass is 267 g/mol. The van der Waals surface area contributed by atoms with Gasteiger partial charge in [0.2, 0.25) is 5.91 Å². The molecule has 2 heteroatoms. The molecule has 1 N–H and O–H groups in total. The van der Waals surface area contributed by atoms with E-state index in [4.69, 9.17) is 0 Å². The van der Waals surface area contributed by atoms with Gasteiger partial charge in [-0.3, -0.25) is 4.79 Å². The van der Waals surface area contributed by atoms with E-state index in [-0.39, 0.29) is 11.8 Å². The lowest BCUT2D eigenvalue weighted by atomic mass is 9.85. The highest BCUT2D eigenvalue weighted by atomic mass is 16.1. The van der Waals surface area contributed by atoms with Crippen LogP contribution in [-0.2, 0) is 4.79 Å². The minimum absolute atomic E-state index is 0.0683. The number of amides is 1. The van der Waals surface area contributed by atoms with Gasteiger partial charge in [-0.25, -0.2) is 0 Å². The standard InChI is InChI=1S/C18H21NO/c1-14(2)17(15-9-5-3-6-10-15)13-18(20)19-16-11-7-4-8-12-16/h3-12,14,17H,13H2,1-2H3,(H,19,20)/t17-/m1/s1. The van der Waals surface area contributed by atoms with Gasteiger partial charge >= 0.3 is 0 Å². The number of benzene rings is 2. The number of hydrogen-bond acceptors (Lipinski definition) is 1. The fraction of sp³-hybridized carbons (Fsp3) is 0.278.